The summed E-state index contributed by atoms with van der Waals surface area (Å²) in [7, 11) is 1.50. The number of carbonyl (C=O) groups is 2. The molecule has 5 rings (SSSR count). The zero-order chi connectivity index (χ0) is 24.9. The third-order valence-corrected chi connectivity index (χ3v) is 5.87. The van der Waals surface area contributed by atoms with E-state index < -0.39 is 5.82 Å². The highest BCUT2D eigenvalue weighted by molar-refractivity contribution is 6.23. The van der Waals surface area contributed by atoms with Crippen LogP contribution in [-0.4, -0.2) is 39.1 Å². The minimum Gasteiger partial charge on any atom is -0.496 e. The Bertz CT molecular complexity index is 1720. The number of ether oxygens (including phenoxy) is 1. The largest absolute Gasteiger partial charge is 0.496 e. The second kappa shape index (κ2) is 8.28. The normalized spacial score (nSPS) is 12.2. The van der Waals surface area contributed by atoms with Gasteiger partial charge in [0.15, 0.2) is 17.9 Å². The molecule has 0 aliphatic carbocycles. The van der Waals surface area contributed by atoms with E-state index in [9.17, 15) is 14.0 Å². The molecule has 0 aliphatic rings. The lowest BCUT2D eigenvalue weighted by Gasteiger charge is -2.12. The van der Waals surface area contributed by atoms with Gasteiger partial charge in [0, 0.05) is 44.9 Å². The summed E-state index contributed by atoms with van der Waals surface area (Å²) in [4.78, 5) is 40.4. The molecule has 2 aromatic carbocycles. The molecular weight excluding hydrogens is 449 g/mol. The number of hydrogen-bond donors (Lipinski definition) is 2. The molecule has 3 heterocycles. The van der Waals surface area contributed by atoms with Crippen LogP contribution in [0.1, 0.15) is 30.0 Å². The highest BCUT2D eigenvalue weighted by Crippen LogP contribution is 2.39. The van der Waals surface area contributed by atoms with E-state index in [0.717, 1.165) is 0 Å². The lowest BCUT2D eigenvalue weighted by molar-refractivity contribution is -0.111. The molecule has 0 unspecified atom stereocenters. The fourth-order valence-corrected chi connectivity index (χ4v) is 4.46. The van der Waals surface area contributed by atoms with Crippen LogP contribution in [0.5, 0.6) is 5.75 Å². The monoisotopic (exact) mass is 469 g/mol. The fourth-order valence-electron chi connectivity index (χ4n) is 4.46. The number of carbonyl (C=O) groups excluding carboxylic acids is 2. The smallest absolute Gasteiger partial charge is 0.195 e. The van der Waals surface area contributed by atoms with Crippen LogP contribution in [0, 0.1) is 5.82 Å². The number of fused-ring (bicyclic) bond motifs is 4. The molecule has 0 fully saturated rings. The minimum absolute atomic E-state index is 0.0327. The van der Waals surface area contributed by atoms with Gasteiger partial charge in [-0.2, -0.15) is 0 Å². The van der Waals surface area contributed by atoms with Crippen LogP contribution in [0.15, 0.2) is 48.3 Å². The zero-order valence-electron chi connectivity index (χ0n) is 19.1. The van der Waals surface area contributed by atoms with Crippen LogP contribution in [0.4, 0.5) is 4.39 Å². The second-order valence-electron chi connectivity index (χ2n) is 8.13. The Morgan fingerprint density at radius 3 is 2.60 bits per heavy atom. The summed E-state index contributed by atoms with van der Waals surface area (Å²) >= 11 is 0. The number of hydrogen-bond acceptors (Lipinski definition) is 7. The first-order valence-electron chi connectivity index (χ1n) is 10.7. The van der Waals surface area contributed by atoms with Crippen molar-refractivity contribution in [1.82, 2.24) is 19.9 Å². The third kappa shape index (κ3) is 3.57. The van der Waals surface area contributed by atoms with E-state index >= 15 is 0 Å². The predicted octanol–water partition coefficient (Wildman–Crippen LogP) is 4.57. The molecule has 35 heavy (non-hydrogen) atoms. The van der Waals surface area contributed by atoms with E-state index in [4.69, 9.17) is 10.5 Å². The molecule has 3 aromatic heterocycles. The zero-order valence-corrected chi connectivity index (χ0v) is 19.1. The van der Waals surface area contributed by atoms with Gasteiger partial charge in [-0.05, 0) is 50.2 Å². The number of rotatable bonds is 5. The maximum absolute atomic E-state index is 14.2. The molecule has 0 spiro atoms. The Hall–Kier alpha value is -4.66. The number of Topliss-reactive ketones (excluding diaryl/α,β-unsaturated/α-hetero) is 1. The van der Waals surface area contributed by atoms with Gasteiger partial charge >= 0.3 is 0 Å². The number of aromatic amines is 1. The number of nitrogens with one attached hydrogen (secondary N) is 1. The molecule has 174 valence electrons. The number of nitrogens with zero attached hydrogens (tertiary/aromatic N) is 3. The lowest BCUT2D eigenvalue weighted by Crippen LogP contribution is -2.06. The Morgan fingerprint density at radius 1 is 1.11 bits per heavy atom. The molecule has 9 heteroatoms. The van der Waals surface area contributed by atoms with E-state index in [-0.39, 0.29) is 11.6 Å². The van der Waals surface area contributed by atoms with E-state index in [1.807, 2.05) is 0 Å². The molecule has 0 saturated heterocycles. The summed E-state index contributed by atoms with van der Waals surface area (Å²) < 4.78 is 19.8. The number of methoxy groups -OCH3 is 1. The van der Waals surface area contributed by atoms with Gasteiger partial charge < -0.3 is 15.5 Å². The summed E-state index contributed by atoms with van der Waals surface area (Å²) in [6.45, 7) is 3.09. The van der Waals surface area contributed by atoms with E-state index in [1.165, 1.54) is 26.2 Å². The number of allylic oxidation sites excluding steroid dienone is 2. The Balaban J connectivity index is 1.92. The number of benzene rings is 2. The van der Waals surface area contributed by atoms with Crippen molar-refractivity contribution in [2.75, 3.05) is 7.11 Å². The van der Waals surface area contributed by atoms with Gasteiger partial charge in [0.05, 0.1) is 23.7 Å². The Kier molecular flexibility index (Phi) is 5.24. The number of ketones is 1. The number of H-pyrrole nitrogens is 1. The third-order valence-electron chi connectivity index (χ3n) is 5.87. The van der Waals surface area contributed by atoms with Crippen molar-refractivity contribution in [1.29, 1.82) is 0 Å². The summed E-state index contributed by atoms with van der Waals surface area (Å²) in [6, 6.07) is 9.56. The van der Waals surface area contributed by atoms with Gasteiger partial charge in [-0.25, -0.2) is 14.4 Å². The molecule has 0 saturated carbocycles. The summed E-state index contributed by atoms with van der Waals surface area (Å²) in [5.74, 6) is -0.217. The van der Waals surface area contributed by atoms with Gasteiger partial charge in [0.2, 0.25) is 0 Å². The number of aromatic nitrogens is 4. The highest BCUT2D eigenvalue weighted by Gasteiger charge is 2.22. The van der Waals surface area contributed by atoms with Crippen molar-refractivity contribution < 1.29 is 18.7 Å². The summed E-state index contributed by atoms with van der Waals surface area (Å²) in [5.41, 5.74) is 9.90. The first kappa shape index (κ1) is 22.1. The Labute approximate surface area is 198 Å². The van der Waals surface area contributed by atoms with Crippen LogP contribution >= 0.6 is 0 Å². The predicted molar refractivity (Wildman–Crippen MR) is 131 cm³/mol. The maximum atomic E-state index is 14.2. The molecule has 0 bridgehead atoms. The molecule has 3 N–H and O–H groups in total. The second-order valence-corrected chi connectivity index (χ2v) is 8.13. The van der Waals surface area contributed by atoms with Crippen LogP contribution in [-0.2, 0) is 4.79 Å². The number of nitrogens with two attached hydrogens (primary N) is 1. The molecule has 0 radical (unpaired) electrons. The van der Waals surface area contributed by atoms with Crippen molar-refractivity contribution in [2.45, 2.75) is 13.8 Å². The van der Waals surface area contributed by atoms with Crippen LogP contribution in [0.25, 0.3) is 49.7 Å². The lowest BCUT2D eigenvalue weighted by atomic mass is 9.97. The van der Waals surface area contributed by atoms with Crippen molar-refractivity contribution in [3.63, 3.8) is 0 Å². The molecule has 0 aliphatic heterocycles. The molecule has 0 amide bonds. The quantitative estimate of drug-likeness (QED) is 0.285. The van der Waals surface area contributed by atoms with Gasteiger partial charge in [-0.15, -0.1) is 0 Å². The number of halogens is 1. The highest BCUT2D eigenvalue weighted by atomic mass is 19.1. The van der Waals surface area contributed by atoms with Crippen LogP contribution in [0.2, 0.25) is 0 Å². The van der Waals surface area contributed by atoms with Crippen LogP contribution in [0.3, 0.4) is 0 Å². The van der Waals surface area contributed by atoms with Gasteiger partial charge in [0.25, 0.3) is 0 Å². The van der Waals surface area contributed by atoms with Gasteiger partial charge in [-0.1, -0.05) is 0 Å². The topological polar surface area (TPSA) is 124 Å². The van der Waals surface area contributed by atoms with E-state index in [0.29, 0.717) is 73.0 Å². The number of pyridine rings is 1. The van der Waals surface area contributed by atoms with Gasteiger partial charge in [-0.3, -0.25) is 14.6 Å². The molecule has 8 nitrogen and oxygen atoms in total. The van der Waals surface area contributed by atoms with Crippen molar-refractivity contribution >= 4 is 50.5 Å². The first-order chi connectivity index (χ1) is 16.8. The van der Waals surface area contributed by atoms with Crippen molar-refractivity contribution in [3.05, 3.63) is 65.5 Å². The van der Waals surface area contributed by atoms with Crippen LogP contribution < -0.4 is 10.5 Å². The molecule has 0 atom stereocenters. The van der Waals surface area contributed by atoms with Gasteiger partial charge in [0.1, 0.15) is 17.2 Å². The van der Waals surface area contributed by atoms with E-state index in [2.05, 4.69) is 19.9 Å². The molecular formula is C26H20FN5O3. The standard InChI is InChI=1S/C26H20FN5O3/c1-12(28)23(13(2)34)18-9-20-17(10-21(18)35-3)24-25(31-22(11-33)32-26(24)30-20)15-6-7-29-19-5-4-14(27)8-16(15)19/h4-11H,28H2,1-3H3,(H,30,31,32). The van der Waals surface area contributed by atoms with E-state index in [1.54, 1.807) is 37.4 Å². The average Bonchev–Trinajstić information content (AvgIpc) is 3.19. The molecule has 5 aromatic rings. The minimum atomic E-state index is -0.418. The SMILES string of the molecule is COc1cc2c(cc1C(C(C)=O)=C(C)N)[nH]c1nc(C=O)nc(-c3ccnc4ccc(F)cc34)c12. The summed E-state index contributed by atoms with van der Waals surface area (Å²) in [6.07, 6.45) is 2.16. The fraction of sp³-hybridized carbons (Fsp3) is 0.115. The van der Waals surface area contributed by atoms with Crippen molar-refractivity contribution in [2.24, 2.45) is 5.73 Å². The summed E-state index contributed by atoms with van der Waals surface area (Å²) in [5, 5.41) is 1.86. The maximum Gasteiger partial charge on any atom is 0.195 e. The Morgan fingerprint density at radius 2 is 1.91 bits per heavy atom. The number of aldehydes is 1. The van der Waals surface area contributed by atoms with Crippen molar-refractivity contribution in [3.8, 4) is 17.0 Å². The average molecular weight is 469 g/mol. The first-order valence-corrected chi connectivity index (χ1v) is 10.7.